The molecule has 0 saturated heterocycles. The van der Waals surface area contributed by atoms with Gasteiger partial charge in [0.1, 0.15) is 5.75 Å². The van der Waals surface area contributed by atoms with E-state index in [0.29, 0.717) is 11.3 Å². The zero-order valence-electron chi connectivity index (χ0n) is 12.7. The monoisotopic (exact) mass is 303 g/mol. The first-order valence-corrected chi connectivity index (χ1v) is 6.77. The lowest BCUT2D eigenvalue weighted by Gasteiger charge is -2.11. The van der Waals surface area contributed by atoms with Crippen LogP contribution in [0.25, 0.3) is 22.3 Å². The largest absolute Gasteiger partial charge is 0.496 e. The Morgan fingerprint density at radius 1 is 1.18 bits per heavy atom. The first kappa shape index (κ1) is 14.4. The van der Waals surface area contributed by atoms with Crippen LogP contribution in [-0.4, -0.2) is 21.9 Å². The van der Waals surface area contributed by atoms with E-state index in [9.17, 15) is 8.78 Å². The Balaban J connectivity index is 2.37. The fourth-order valence-electron chi connectivity index (χ4n) is 2.73. The summed E-state index contributed by atoms with van der Waals surface area (Å²) in [5, 5.41) is 5.24. The molecule has 3 rings (SSSR count). The molecule has 0 radical (unpaired) electrons. The van der Waals surface area contributed by atoms with Crippen LogP contribution < -0.4 is 4.74 Å². The Bertz CT molecular complexity index is 887. The molecular formula is C16H15F2N3O. The van der Waals surface area contributed by atoms with Crippen molar-refractivity contribution in [2.45, 2.75) is 13.8 Å². The van der Waals surface area contributed by atoms with Crippen molar-refractivity contribution in [3.63, 3.8) is 0 Å². The van der Waals surface area contributed by atoms with Gasteiger partial charge in [-0.2, -0.15) is 5.10 Å². The number of pyridine rings is 1. The van der Waals surface area contributed by atoms with Crippen LogP contribution in [0.15, 0.2) is 18.2 Å². The number of nitrogens with zero attached hydrogens (tertiary/aromatic N) is 3. The molecule has 0 N–H and O–H groups in total. The van der Waals surface area contributed by atoms with Crippen LogP contribution in [0.2, 0.25) is 0 Å². The molecule has 0 amide bonds. The number of rotatable bonds is 2. The van der Waals surface area contributed by atoms with Crippen molar-refractivity contribution in [1.29, 1.82) is 0 Å². The lowest BCUT2D eigenvalue weighted by atomic mass is 10.0. The molecule has 114 valence electrons. The molecule has 0 fully saturated rings. The summed E-state index contributed by atoms with van der Waals surface area (Å²) in [4.78, 5) is 4.45. The topological polar surface area (TPSA) is 39.9 Å². The van der Waals surface area contributed by atoms with Crippen LogP contribution in [-0.2, 0) is 7.05 Å². The standard InChI is InChI=1S/C16H15F2N3O/c1-8-7-11(19-16-13(8)9(2)20-21(16)3)14-12(22-4)6-5-10(17)15(14)18/h5-7H,1-4H3. The second-order valence-electron chi connectivity index (χ2n) is 5.17. The molecule has 1 aromatic carbocycles. The minimum absolute atomic E-state index is 0.0198. The maximum atomic E-state index is 14.3. The van der Waals surface area contributed by atoms with Crippen molar-refractivity contribution in [1.82, 2.24) is 14.8 Å². The molecule has 3 aromatic rings. The molecule has 0 aliphatic carbocycles. The van der Waals surface area contributed by atoms with Crippen LogP contribution in [0.4, 0.5) is 8.78 Å². The average molecular weight is 303 g/mol. The SMILES string of the molecule is COc1ccc(F)c(F)c1-c1cc(C)c2c(C)nn(C)c2n1. The molecule has 0 unspecified atom stereocenters. The van der Waals surface area contributed by atoms with Gasteiger partial charge in [0, 0.05) is 12.4 Å². The van der Waals surface area contributed by atoms with E-state index in [1.54, 1.807) is 17.8 Å². The van der Waals surface area contributed by atoms with E-state index in [4.69, 9.17) is 4.74 Å². The highest BCUT2D eigenvalue weighted by atomic mass is 19.2. The van der Waals surface area contributed by atoms with E-state index in [1.807, 2.05) is 13.8 Å². The number of methoxy groups -OCH3 is 1. The highest BCUT2D eigenvalue weighted by Gasteiger charge is 2.20. The fraction of sp³-hybridized carbons (Fsp3) is 0.250. The number of benzene rings is 1. The number of aryl methyl sites for hydroxylation is 3. The summed E-state index contributed by atoms with van der Waals surface area (Å²) in [5.41, 5.74) is 2.71. The van der Waals surface area contributed by atoms with Gasteiger partial charge in [-0.3, -0.25) is 4.68 Å². The predicted molar refractivity (Wildman–Crippen MR) is 79.9 cm³/mol. The number of aromatic nitrogens is 3. The zero-order chi connectivity index (χ0) is 16.0. The molecule has 0 bridgehead atoms. The lowest BCUT2D eigenvalue weighted by Crippen LogP contribution is -1.99. The minimum Gasteiger partial charge on any atom is -0.496 e. The summed E-state index contributed by atoms with van der Waals surface area (Å²) < 4.78 is 34.6. The molecule has 0 saturated carbocycles. The fourth-order valence-corrected chi connectivity index (χ4v) is 2.73. The van der Waals surface area contributed by atoms with Gasteiger partial charge in [-0.1, -0.05) is 0 Å². The van der Waals surface area contributed by atoms with Crippen LogP contribution in [0.1, 0.15) is 11.3 Å². The molecule has 4 nitrogen and oxygen atoms in total. The third-order valence-electron chi connectivity index (χ3n) is 3.70. The van der Waals surface area contributed by atoms with Crippen LogP contribution in [0.5, 0.6) is 5.75 Å². The number of fused-ring (bicyclic) bond motifs is 1. The summed E-state index contributed by atoms with van der Waals surface area (Å²) in [7, 11) is 3.18. The number of ether oxygens (including phenoxy) is 1. The Morgan fingerprint density at radius 3 is 2.59 bits per heavy atom. The summed E-state index contributed by atoms with van der Waals surface area (Å²) >= 11 is 0. The molecule has 6 heteroatoms. The molecule has 22 heavy (non-hydrogen) atoms. The zero-order valence-corrected chi connectivity index (χ0v) is 12.7. The normalized spacial score (nSPS) is 11.2. The van der Waals surface area contributed by atoms with Gasteiger partial charge in [-0.25, -0.2) is 13.8 Å². The van der Waals surface area contributed by atoms with E-state index < -0.39 is 11.6 Å². The molecule has 0 atom stereocenters. The summed E-state index contributed by atoms with van der Waals surface area (Å²) in [5.74, 6) is -1.66. The Hall–Kier alpha value is -2.50. The van der Waals surface area contributed by atoms with E-state index in [1.165, 1.54) is 13.2 Å². The highest BCUT2D eigenvalue weighted by molar-refractivity contribution is 5.85. The average Bonchev–Trinajstić information content (AvgIpc) is 2.76. The van der Waals surface area contributed by atoms with Crippen molar-refractivity contribution in [2.75, 3.05) is 7.11 Å². The smallest absolute Gasteiger partial charge is 0.171 e. The van der Waals surface area contributed by atoms with E-state index in [2.05, 4.69) is 10.1 Å². The first-order valence-electron chi connectivity index (χ1n) is 6.77. The highest BCUT2D eigenvalue weighted by Crippen LogP contribution is 2.35. The third-order valence-corrected chi connectivity index (χ3v) is 3.70. The predicted octanol–water partition coefficient (Wildman–Crippen LogP) is 3.54. The van der Waals surface area contributed by atoms with E-state index >= 15 is 0 Å². The van der Waals surface area contributed by atoms with Crippen LogP contribution >= 0.6 is 0 Å². The minimum atomic E-state index is -0.968. The van der Waals surface area contributed by atoms with Gasteiger partial charge >= 0.3 is 0 Å². The first-order chi connectivity index (χ1) is 10.4. The van der Waals surface area contributed by atoms with E-state index in [0.717, 1.165) is 22.7 Å². The summed E-state index contributed by atoms with van der Waals surface area (Å²) in [6.45, 7) is 3.78. The third kappa shape index (κ3) is 2.03. The van der Waals surface area contributed by atoms with Crippen molar-refractivity contribution in [3.05, 3.63) is 41.1 Å². The quantitative estimate of drug-likeness (QED) is 0.727. The molecule has 2 aromatic heterocycles. The molecular weight excluding hydrogens is 288 g/mol. The Kier molecular flexibility index (Phi) is 3.31. The van der Waals surface area contributed by atoms with Crippen molar-refractivity contribution >= 4 is 11.0 Å². The van der Waals surface area contributed by atoms with Gasteiger partial charge in [-0.05, 0) is 37.6 Å². The summed E-state index contributed by atoms with van der Waals surface area (Å²) in [6, 6.07) is 4.15. The van der Waals surface area contributed by atoms with Gasteiger partial charge in [0.25, 0.3) is 0 Å². The molecule has 0 spiro atoms. The molecule has 0 aliphatic rings. The van der Waals surface area contributed by atoms with Gasteiger partial charge < -0.3 is 4.74 Å². The molecule has 0 aliphatic heterocycles. The van der Waals surface area contributed by atoms with Gasteiger partial charge in [0.2, 0.25) is 0 Å². The van der Waals surface area contributed by atoms with Crippen molar-refractivity contribution in [2.24, 2.45) is 7.05 Å². The van der Waals surface area contributed by atoms with E-state index in [-0.39, 0.29) is 11.3 Å². The Labute approximate surface area is 126 Å². The van der Waals surface area contributed by atoms with Gasteiger partial charge in [-0.15, -0.1) is 0 Å². The van der Waals surface area contributed by atoms with Crippen molar-refractivity contribution in [3.8, 4) is 17.0 Å². The maximum absolute atomic E-state index is 14.3. The molecule has 2 heterocycles. The van der Waals surface area contributed by atoms with Crippen LogP contribution in [0.3, 0.4) is 0 Å². The number of hydrogen-bond donors (Lipinski definition) is 0. The van der Waals surface area contributed by atoms with Gasteiger partial charge in [0.05, 0.1) is 24.1 Å². The summed E-state index contributed by atoms with van der Waals surface area (Å²) in [6.07, 6.45) is 0. The second-order valence-corrected chi connectivity index (χ2v) is 5.17. The lowest BCUT2D eigenvalue weighted by molar-refractivity contribution is 0.409. The van der Waals surface area contributed by atoms with Crippen molar-refractivity contribution < 1.29 is 13.5 Å². The van der Waals surface area contributed by atoms with Gasteiger partial charge in [0.15, 0.2) is 17.3 Å². The number of halogens is 2. The number of hydrogen-bond acceptors (Lipinski definition) is 3. The Morgan fingerprint density at radius 2 is 1.91 bits per heavy atom. The van der Waals surface area contributed by atoms with Crippen LogP contribution in [0, 0.1) is 25.5 Å². The second kappa shape index (κ2) is 5.05. The maximum Gasteiger partial charge on any atom is 0.171 e.